The average molecular weight is 614 g/mol. The summed E-state index contributed by atoms with van der Waals surface area (Å²) in [7, 11) is -2.24. The Morgan fingerprint density at radius 2 is 1.84 bits per heavy atom. The van der Waals surface area contributed by atoms with E-state index in [1.807, 2.05) is 18.7 Å². The maximum absolute atomic E-state index is 14.0. The molecule has 232 valence electrons. The summed E-state index contributed by atoms with van der Waals surface area (Å²) < 4.78 is 43.4. The molecule has 1 aliphatic rings. The lowest BCUT2D eigenvalue weighted by Crippen LogP contribution is -2.49. The molecule has 13 nitrogen and oxygen atoms in total. The zero-order valence-corrected chi connectivity index (χ0v) is 26.1. The van der Waals surface area contributed by atoms with Crippen LogP contribution in [0.4, 0.5) is 0 Å². The molecule has 0 aliphatic carbocycles. The van der Waals surface area contributed by atoms with Crippen molar-refractivity contribution in [3.05, 3.63) is 45.7 Å². The summed E-state index contributed by atoms with van der Waals surface area (Å²) in [5.41, 5.74) is 2.64. The van der Waals surface area contributed by atoms with Crippen LogP contribution in [-0.4, -0.2) is 93.2 Å². The largest absolute Gasteiger partial charge is 0.493 e. The van der Waals surface area contributed by atoms with Gasteiger partial charge in [0, 0.05) is 39.8 Å². The third kappa shape index (κ3) is 5.71. The van der Waals surface area contributed by atoms with Crippen LogP contribution in [0.15, 0.2) is 32.4 Å². The maximum Gasteiger partial charge on any atom is 0.280 e. The van der Waals surface area contributed by atoms with Gasteiger partial charge in [-0.3, -0.25) is 14.3 Å². The third-order valence-electron chi connectivity index (χ3n) is 7.71. The Hall–Kier alpha value is -3.59. The van der Waals surface area contributed by atoms with Crippen LogP contribution < -0.4 is 10.3 Å². The predicted molar refractivity (Wildman–Crippen MR) is 161 cm³/mol. The van der Waals surface area contributed by atoms with Gasteiger partial charge in [0.15, 0.2) is 11.3 Å². The Bertz CT molecular complexity index is 1770. The molecule has 0 amide bonds. The van der Waals surface area contributed by atoms with Crippen molar-refractivity contribution in [2.75, 3.05) is 45.9 Å². The summed E-state index contributed by atoms with van der Waals surface area (Å²) in [5, 5.41) is 18.1. The first-order valence-corrected chi connectivity index (χ1v) is 16.1. The fraction of sp³-hybridized carbons (Fsp3) is 0.517. The molecule has 1 saturated heterocycles. The smallest absolute Gasteiger partial charge is 0.280 e. The highest BCUT2D eigenvalue weighted by molar-refractivity contribution is 7.89. The topological polar surface area (TPSA) is 149 Å². The summed E-state index contributed by atoms with van der Waals surface area (Å²) in [6.07, 6.45) is 2.11. The van der Waals surface area contributed by atoms with Crippen molar-refractivity contribution in [2.45, 2.75) is 51.9 Å². The molecule has 0 atom stereocenters. The van der Waals surface area contributed by atoms with Gasteiger partial charge < -0.3 is 14.4 Å². The summed E-state index contributed by atoms with van der Waals surface area (Å²) >= 11 is 0. The number of benzene rings is 1. The van der Waals surface area contributed by atoms with Crippen LogP contribution in [0.1, 0.15) is 43.8 Å². The monoisotopic (exact) mass is 613 g/mol. The molecule has 0 saturated carbocycles. The van der Waals surface area contributed by atoms with E-state index in [0.29, 0.717) is 90.9 Å². The summed E-state index contributed by atoms with van der Waals surface area (Å²) in [6.45, 7) is 10.2. The second-order valence-electron chi connectivity index (χ2n) is 10.8. The number of aryl methyl sites for hydroxylation is 3. The van der Waals surface area contributed by atoms with Crippen LogP contribution in [0.25, 0.3) is 28.1 Å². The van der Waals surface area contributed by atoms with Crippen molar-refractivity contribution in [3.63, 3.8) is 0 Å². The lowest BCUT2D eigenvalue weighted by atomic mass is 10.1. The zero-order valence-electron chi connectivity index (χ0n) is 25.3. The minimum atomic E-state index is -3.85. The van der Waals surface area contributed by atoms with Gasteiger partial charge in [-0.25, -0.2) is 18.1 Å². The Labute approximate surface area is 250 Å². The van der Waals surface area contributed by atoms with E-state index in [0.717, 1.165) is 12.8 Å². The summed E-state index contributed by atoms with van der Waals surface area (Å²) in [4.78, 5) is 21.1. The van der Waals surface area contributed by atoms with E-state index < -0.39 is 10.0 Å². The lowest BCUT2D eigenvalue weighted by Gasteiger charge is -2.33. The van der Waals surface area contributed by atoms with Gasteiger partial charge in [0.25, 0.3) is 5.56 Å². The van der Waals surface area contributed by atoms with Crippen LogP contribution >= 0.6 is 0 Å². The molecule has 1 aromatic carbocycles. The van der Waals surface area contributed by atoms with E-state index in [1.165, 1.54) is 8.87 Å². The highest BCUT2D eigenvalue weighted by Crippen LogP contribution is 2.34. The number of piperazine rings is 1. The Balaban J connectivity index is 1.67. The molecule has 4 aromatic rings. The van der Waals surface area contributed by atoms with E-state index in [1.54, 1.807) is 43.8 Å². The molecule has 1 aliphatic heterocycles. The Morgan fingerprint density at radius 3 is 2.47 bits per heavy atom. The van der Waals surface area contributed by atoms with Gasteiger partial charge in [0.05, 0.1) is 29.4 Å². The Morgan fingerprint density at radius 1 is 1.09 bits per heavy atom. The lowest BCUT2D eigenvalue weighted by molar-refractivity contribution is 0.151. The first kappa shape index (κ1) is 30.9. The van der Waals surface area contributed by atoms with Gasteiger partial charge in [-0.1, -0.05) is 25.4 Å². The minimum absolute atomic E-state index is 0.0302. The maximum atomic E-state index is 14.0. The molecular weight excluding hydrogens is 574 g/mol. The second-order valence-corrected chi connectivity index (χ2v) is 12.7. The molecule has 5 rings (SSSR count). The van der Waals surface area contributed by atoms with Crippen LogP contribution in [-0.2, 0) is 23.5 Å². The summed E-state index contributed by atoms with van der Waals surface area (Å²) in [6, 6.07) is 4.72. The number of ether oxygens (including phenoxy) is 1. The second kappa shape index (κ2) is 12.6. The molecule has 0 unspecified atom stereocenters. The highest BCUT2D eigenvalue weighted by Gasteiger charge is 2.30. The number of β-amino-alcohol motifs (C(OH)–C–C–N with tert-alkyl or cyclic N) is 1. The number of sulfonamides is 1. The van der Waals surface area contributed by atoms with Crippen LogP contribution in [0.2, 0.25) is 0 Å². The van der Waals surface area contributed by atoms with E-state index in [9.17, 15) is 18.3 Å². The van der Waals surface area contributed by atoms with Crippen LogP contribution in [0.3, 0.4) is 0 Å². The quantitative estimate of drug-likeness (QED) is 0.267. The van der Waals surface area contributed by atoms with E-state index >= 15 is 0 Å². The zero-order chi connectivity index (χ0) is 30.9. The van der Waals surface area contributed by atoms with Crippen LogP contribution in [0.5, 0.6) is 5.75 Å². The van der Waals surface area contributed by atoms with Gasteiger partial charge in [-0.2, -0.15) is 9.40 Å². The van der Waals surface area contributed by atoms with Gasteiger partial charge in [-0.15, -0.1) is 0 Å². The molecule has 0 radical (unpaired) electrons. The molecular formula is C29H39N7O6S. The van der Waals surface area contributed by atoms with E-state index in [4.69, 9.17) is 19.3 Å². The minimum Gasteiger partial charge on any atom is -0.493 e. The molecule has 43 heavy (non-hydrogen) atoms. The SMILES string of the molecule is CCCOc1ccc(S(=O)(=O)N2CCN(CCO)CC2)cc1-c1nc2c(CCC)nn(-c3c(C)noc3C)c2c(=O)n1C. The molecule has 0 spiro atoms. The number of aliphatic hydroxyl groups excluding tert-OH is 1. The normalized spacial score (nSPS) is 15.0. The standard InChI is InChI=1S/C29H39N7O6S/c1-6-8-23-25-27(36(31-23)26-19(3)32-42-20(26)4)29(38)33(5)28(30-25)22-18-21(9-10-24(22)41-17-7-2)43(39,40)35-13-11-34(12-14-35)15-16-37/h9-10,18,37H,6-8,11-17H2,1-5H3. The van der Waals surface area contributed by atoms with Gasteiger partial charge in [0.2, 0.25) is 10.0 Å². The van der Waals surface area contributed by atoms with E-state index in [-0.39, 0.29) is 22.9 Å². The fourth-order valence-electron chi connectivity index (χ4n) is 5.45. The summed E-state index contributed by atoms with van der Waals surface area (Å²) in [5.74, 6) is 1.25. The first-order chi connectivity index (χ1) is 20.6. The first-order valence-electron chi connectivity index (χ1n) is 14.6. The van der Waals surface area contributed by atoms with Gasteiger partial charge >= 0.3 is 0 Å². The number of aliphatic hydroxyl groups is 1. The van der Waals surface area contributed by atoms with E-state index in [2.05, 4.69) is 5.16 Å². The molecule has 14 heteroatoms. The van der Waals surface area contributed by atoms with Crippen molar-refractivity contribution in [3.8, 4) is 22.8 Å². The van der Waals surface area contributed by atoms with Crippen molar-refractivity contribution in [2.24, 2.45) is 7.05 Å². The number of hydrogen-bond donors (Lipinski definition) is 1. The van der Waals surface area contributed by atoms with Crippen LogP contribution in [0, 0.1) is 13.8 Å². The molecule has 4 heterocycles. The highest BCUT2D eigenvalue weighted by atomic mass is 32.2. The van der Waals surface area contributed by atoms with Crippen molar-refractivity contribution in [1.82, 2.24) is 33.7 Å². The van der Waals surface area contributed by atoms with Gasteiger partial charge in [0.1, 0.15) is 28.5 Å². The van der Waals surface area contributed by atoms with Crippen molar-refractivity contribution >= 4 is 21.1 Å². The fourth-order valence-corrected chi connectivity index (χ4v) is 6.90. The average Bonchev–Trinajstić information content (AvgIpc) is 3.52. The number of aromatic nitrogens is 5. The van der Waals surface area contributed by atoms with Crippen molar-refractivity contribution in [1.29, 1.82) is 0 Å². The van der Waals surface area contributed by atoms with Crippen molar-refractivity contribution < 1.29 is 22.8 Å². The molecule has 1 fully saturated rings. The van der Waals surface area contributed by atoms with Gasteiger partial charge in [-0.05, 0) is 44.9 Å². The number of hydrogen-bond acceptors (Lipinski definition) is 10. The molecule has 1 N–H and O–H groups in total. The third-order valence-corrected chi connectivity index (χ3v) is 9.60. The number of fused-ring (bicyclic) bond motifs is 1. The number of nitrogens with zero attached hydrogens (tertiary/aromatic N) is 7. The number of rotatable bonds is 11. The molecule has 3 aromatic heterocycles. The Kier molecular flexibility index (Phi) is 9.02. The predicted octanol–water partition coefficient (Wildman–Crippen LogP) is 2.43. The molecule has 0 bridgehead atoms.